The number of anilines is 6. The van der Waals surface area contributed by atoms with Gasteiger partial charge in [0, 0.05) is 56.3 Å². The summed E-state index contributed by atoms with van der Waals surface area (Å²) in [5, 5.41) is 4.70. The molecule has 0 bridgehead atoms. The van der Waals surface area contributed by atoms with E-state index in [4.69, 9.17) is 4.74 Å². The largest absolute Gasteiger partial charge is 0.456 e. The highest BCUT2D eigenvalue weighted by atomic mass is 16.5. The summed E-state index contributed by atoms with van der Waals surface area (Å²) in [6.45, 7) is 9.07. The quantitative estimate of drug-likeness (QED) is 0.168. The van der Waals surface area contributed by atoms with Crippen molar-refractivity contribution in [2.24, 2.45) is 0 Å². The van der Waals surface area contributed by atoms with E-state index in [1.165, 1.54) is 49.7 Å². The number of rotatable bonds is 6. The maximum absolute atomic E-state index is 6.98. The maximum Gasteiger partial charge on any atom is 0.137 e. The second-order valence-corrected chi connectivity index (χ2v) is 16.3. The lowest BCUT2D eigenvalue weighted by atomic mass is 9.82. The second-order valence-electron chi connectivity index (χ2n) is 16.3. The molecule has 1 heterocycles. The lowest BCUT2D eigenvalue weighted by molar-refractivity contribution is 0.487. The molecule has 278 valence electrons. The van der Waals surface area contributed by atoms with Crippen molar-refractivity contribution in [1.29, 1.82) is 0 Å². The van der Waals surface area contributed by atoms with E-state index in [9.17, 15) is 0 Å². The van der Waals surface area contributed by atoms with E-state index in [1.807, 2.05) is 0 Å². The molecule has 0 saturated carbocycles. The highest BCUT2D eigenvalue weighted by Crippen LogP contribution is 2.54. The van der Waals surface area contributed by atoms with E-state index in [0.717, 1.165) is 62.0 Å². The van der Waals surface area contributed by atoms with Gasteiger partial charge in [-0.3, -0.25) is 0 Å². The number of hydrogen-bond donors (Lipinski definition) is 0. The third-order valence-corrected chi connectivity index (χ3v) is 12.5. The molecule has 58 heavy (non-hydrogen) atoms. The van der Waals surface area contributed by atoms with Gasteiger partial charge in [-0.2, -0.15) is 0 Å². The molecule has 0 aromatic heterocycles. The zero-order chi connectivity index (χ0) is 39.1. The Morgan fingerprint density at radius 3 is 1.78 bits per heavy atom. The van der Waals surface area contributed by atoms with Crippen LogP contribution in [0.4, 0.5) is 34.1 Å². The Morgan fingerprint density at radius 1 is 0.397 bits per heavy atom. The van der Waals surface area contributed by atoms with Gasteiger partial charge in [-0.05, 0) is 124 Å². The van der Waals surface area contributed by atoms with Crippen LogP contribution in [0.5, 0.6) is 11.5 Å². The highest BCUT2D eigenvalue weighted by molar-refractivity contribution is 6.11. The molecule has 0 radical (unpaired) electrons. The van der Waals surface area contributed by atoms with Gasteiger partial charge in [-0.1, -0.05) is 129 Å². The Morgan fingerprint density at radius 2 is 1.00 bits per heavy atom. The zero-order valence-electron chi connectivity index (χ0n) is 33.1. The van der Waals surface area contributed by atoms with Crippen molar-refractivity contribution in [3.63, 3.8) is 0 Å². The third kappa shape index (κ3) is 5.20. The Kier molecular flexibility index (Phi) is 7.64. The van der Waals surface area contributed by atoms with Gasteiger partial charge in [0.05, 0.1) is 5.69 Å². The molecular formula is C55H42N2O. The van der Waals surface area contributed by atoms with E-state index >= 15 is 0 Å². The molecule has 0 atom stereocenters. The molecule has 0 fully saturated rings. The van der Waals surface area contributed by atoms with Gasteiger partial charge in [-0.15, -0.1) is 0 Å². The average Bonchev–Trinajstić information content (AvgIpc) is 3.48. The molecule has 0 N–H and O–H groups in total. The van der Waals surface area contributed by atoms with Gasteiger partial charge in [0.2, 0.25) is 0 Å². The van der Waals surface area contributed by atoms with Crippen molar-refractivity contribution in [1.82, 2.24) is 0 Å². The average molecular weight is 747 g/mol. The van der Waals surface area contributed by atoms with Crippen molar-refractivity contribution < 1.29 is 4.74 Å². The fourth-order valence-corrected chi connectivity index (χ4v) is 9.55. The summed E-state index contributed by atoms with van der Waals surface area (Å²) in [5.41, 5.74) is 16.6. The van der Waals surface area contributed by atoms with Crippen LogP contribution < -0.4 is 14.5 Å². The fraction of sp³-hybridized carbons (Fsp3) is 0.0909. The monoisotopic (exact) mass is 746 g/mol. The predicted octanol–water partition coefficient (Wildman–Crippen LogP) is 15.6. The Balaban J connectivity index is 1.07. The topological polar surface area (TPSA) is 15.7 Å². The third-order valence-electron chi connectivity index (χ3n) is 12.5. The second kappa shape index (κ2) is 13.0. The summed E-state index contributed by atoms with van der Waals surface area (Å²) in [6.07, 6.45) is 0. The molecule has 1 aliphatic heterocycles. The zero-order valence-corrected chi connectivity index (χ0v) is 33.1. The molecule has 9 aromatic rings. The molecule has 0 amide bonds. The lowest BCUT2D eigenvalue weighted by Gasteiger charge is -2.32. The number of ether oxygens (including phenoxy) is 1. The molecule has 9 aromatic carbocycles. The van der Waals surface area contributed by atoms with Gasteiger partial charge in [0.1, 0.15) is 11.5 Å². The Hall–Kier alpha value is -7.10. The minimum atomic E-state index is -0.120. The van der Waals surface area contributed by atoms with E-state index in [0.29, 0.717) is 0 Å². The van der Waals surface area contributed by atoms with Gasteiger partial charge >= 0.3 is 0 Å². The van der Waals surface area contributed by atoms with Crippen LogP contribution in [0, 0.1) is 13.8 Å². The van der Waals surface area contributed by atoms with Crippen molar-refractivity contribution in [2.45, 2.75) is 33.1 Å². The number of para-hydroxylation sites is 2. The van der Waals surface area contributed by atoms with Crippen LogP contribution in [0.2, 0.25) is 0 Å². The van der Waals surface area contributed by atoms with Crippen molar-refractivity contribution in [2.75, 3.05) is 9.80 Å². The molecule has 0 saturated heterocycles. The van der Waals surface area contributed by atoms with E-state index in [1.54, 1.807) is 0 Å². The molecular weight excluding hydrogens is 705 g/mol. The van der Waals surface area contributed by atoms with Gasteiger partial charge in [-0.25, -0.2) is 0 Å². The van der Waals surface area contributed by atoms with Crippen LogP contribution in [0.3, 0.4) is 0 Å². The number of fused-ring (bicyclic) bond motifs is 6. The number of hydrogen-bond acceptors (Lipinski definition) is 3. The fourth-order valence-electron chi connectivity index (χ4n) is 9.55. The summed E-state index contributed by atoms with van der Waals surface area (Å²) in [6, 6.07) is 66.2. The van der Waals surface area contributed by atoms with Crippen LogP contribution in [0.15, 0.2) is 182 Å². The van der Waals surface area contributed by atoms with Gasteiger partial charge in [0.15, 0.2) is 0 Å². The summed E-state index contributed by atoms with van der Waals surface area (Å²) in [7, 11) is 0. The summed E-state index contributed by atoms with van der Waals surface area (Å²) in [5.74, 6) is 1.71. The number of aryl methyl sites for hydroxylation is 2. The van der Waals surface area contributed by atoms with Crippen LogP contribution in [0.1, 0.15) is 36.1 Å². The van der Waals surface area contributed by atoms with E-state index in [-0.39, 0.29) is 5.41 Å². The first kappa shape index (κ1) is 34.2. The summed E-state index contributed by atoms with van der Waals surface area (Å²) < 4.78 is 6.98. The lowest BCUT2D eigenvalue weighted by Crippen LogP contribution is -2.16. The van der Waals surface area contributed by atoms with Crippen LogP contribution in [-0.4, -0.2) is 0 Å². The minimum absolute atomic E-state index is 0.120. The van der Waals surface area contributed by atoms with E-state index in [2.05, 4.69) is 219 Å². The molecule has 3 nitrogen and oxygen atoms in total. The van der Waals surface area contributed by atoms with Crippen molar-refractivity contribution >= 4 is 55.7 Å². The van der Waals surface area contributed by atoms with Crippen molar-refractivity contribution in [3.8, 4) is 33.8 Å². The molecule has 11 rings (SSSR count). The van der Waals surface area contributed by atoms with Gasteiger partial charge in [0.25, 0.3) is 0 Å². The minimum Gasteiger partial charge on any atom is -0.456 e. The maximum atomic E-state index is 6.98. The Bertz CT molecular complexity index is 3080. The number of benzene rings is 9. The Labute approximate surface area is 340 Å². The van der Waals surface area contributed by atoms with E-state index < -0.39 is 0 Å². The van der Waals surface area contributed by atoms with Crippen LogP contribution >= 0.6 is 0 Å². The standard InChI is InChI=1S/C55H42N2O/c1-35-14-5-11-21-49(35)57(50-22-12-6-15-36(50)2)51-31-30-45-44-29-27-41(34-53(44)58-52-23-13-19-46(51)54(45)52)56(39-25-24-37-16-7-8-17-38(37)32-39)40-26-28-43-42-18-9-10-20-47(42)55(3,4)48(43)33-40/h5-34H,1-4H3. The molecule has 1 aliphatic carbocycles. The molecule has 0 unspecified atom stereocenters. The smallest absolute Gasteiger partial charge is 0.137 e. The van der Waals surface area contributed by atoms with Crippen molar-refractivity contribution in [3.05, 3.63) is 204 Å². The first-order valence-electron chi connectivity index (χ1n) is 20.2. The SMILES string of the molecule is Cc1ccccc1N(c1ccccc1C)c1ccc2c3c(cccc13)Oc1cc(N(c3ccc4c(c3)C(C)(C)c3ccccc3-4)c3ccc4ccccc4c3)ccc1-2. The van der Waals surface area contributed by atoms with Crippen LogP contribution in [0.25, 0.3) is 43.8 Å². The first-order valence-corrected chi connectivity index (χ1v) is 20.2. The summed E-state index contributed by atoms with van der Waals surface area (Å²) in [4.78, 5) is 4.79. The summed E-state index contributed by atoms with van der Waals surface area (Å²) >= 11 is 0. The van der Waals surface area contributed by atoms with Crippen LogP contribution in [-0.2, 0) is 5.41 Å². The molecule has 3 heteroatoms. The first-order chi connectivity index (χ1) is 28.3. The normalized spacial score (nSPS) is 13.1. The van der Waals surface area contributed by atoms with Gasteiger partial charge < -0.3 is 14.5 Å². The highest BCUT2D eigenvalue weighted by Gasteiger charge is 2.36. The molecule has 2 aliphatic rings. The number of nitrogens with zero attached hydrogens (tertiary/aromatic N) is 2. The predicted molar refractivity (Wildman–Crippen MR) is 243 cm³/mol. The molecule has 0 spiro atoms.